The molecule has 0 radical (unpaired) electrons. The van der Waals surface area contributed by atoms with Gasteiger partial charge in [-0.25, -0.2) is 9.78 Å². The van der Waals surface area contributed by atoms with Gasteiger partial charge < -0.3 is 5.32 Å². The van der Waals surface area contributed by atoms with E-state index in [2.05, 4.69) is 20.3 Å². The highest BCUT2D eigenvalue weighted by Gasteiger charge is 2.23. The number of pyridine rings is 2. The van der Waals surface area contributed by atoms with Crippen molar-refractivity contribution in [3.8, 4) is 0 Å². The number of aryl methyl sites for hydroxylation is 2. The van der Waals surface area contributed by atoms with E-state index in [9.17, 15) is 14.4 Å². The third-order valence-corrected chi connectivity index (χ3v) is 4.44. The van der Waals surface area contributed by atoms with Crippen LogP contribution >= 0.6 is 0 Å². The Morgan fingerprint density at radius 1 is 1.30 bits per heavy atom. The first-order valence-electron chi connectivity index (χ1n) is 8.61. The largest absolute Gasteiger partial charge is 0.345 e. The van der Waals surface area contributed by atoms with Crippen LogP contribution in [-0.4, -0.2) is 25.4 Å². The van der Waals surface area contributed by atoms with Gasteiger partial charge in [-0.1, -0.05) is 19.9 Å². The molecule has 0 aliphatic rings. The molecule has 8 heteroatoms. The van der Waals surface area contributed by atoms with E-state index in [0.717, 1.165) is 5.56 Å². The van der Waals surface area contributed by atoms with E-state index in [-0.39, 0.29) is 28.6 Å². The van der Waals surface area contributed by atoms with Crippen LogP contribution in [-0.2, 0) is 7.05 Å². The molecule has 8 nitrogen and oxygen atoms in total. The van der Waals surface area contributed by atoms with E-state index in [0.29, 0.717) is 5.69 Å². The second kappa shape index (κ2) is 7.14. The molecule has 0 aliphatic carbocycles. The maximum Gasteiger partial charge on any atom is 0.329 e. The zero-order valence-corrected chi connectivity index (χ0v) is 15.6. The molecular weight excluding hydrogens is 346 g/mol. The van der Waals surface area contributed by atoms with Crippen molar-refractivity contribution in [1.82, 2.24) is 24.8 Å². The molecule has 0 saturated carbocycles. The number of amides is 1. The van der Waals surface area contributed by atoms with Crippen molar-refractivity contribution in [2.75, 3.05) is 0 Å². The van der Waals surface area contributed by atoms with Crippen LogP contribution < -0.4 is 16.6 Å². The van der Waals surface area contributed by atoms with Crippen molar-refractivity contribution in [3.63, 3.8) is 0 Å². The summed E-state index contributed by atoms with van der Waals surface area (Å²) in [6.45, 7) is 5.69. The van der Waals surface area contributed by atoms with Crippen LogP contribution in [0, 0.1) is 12.8 Å². The van der Waals surface area contributed by atoms with Crippen molar-refractivity contribution in [2.45, 2.75) is 26.8 Å². The summed E-state index contributed by atoms with van der Waals surface area (Å²) in [5.74, 6) is -0.299. The SMILES string of the molecule is Cc1cc(C(=O)N[C@H](c2cccnc2)C(C)C)c2c(=O)[nH]c(=O)n(C)c2n1. The Hall–Kier alpha value is -3.29. The van der Waals surface area contributed by atoms with Gasteiger partial charge in [0.1, 0.15) is 5.65 Å². The molecule has 0 saturated heterocycles. The zero-order chi connectivity index (χ0) is 19.7. The fourth-order valence-corrected chi connectivity index (χ4v) is 3.06. The highest BCUT2D eigenvalue weighted by Crippen LogP contribution is 2.22. The third kappa shape index (κ3) is 3.51. The molecule has 0 spiro atoms. The Balaban J connectivity index is 2.12. The lowest BCUT2D eigenvalue weighted by atomic mass is 9.97. The monoisotopic (exact) mass is 367 g/mol. The first kappa shape index (κ1) is 18.5. The summed E-state index contributed by atoms with van der Waals surface area (Å²) in [6.07, 6.45) is 3.37. The topological polar surface area (TPSA) is 110 Å². The molecule has 3 heterocycles. The normalized spacial score (nSPS) is 12.3. The fraction of sp³-hybridized carbons (Fsp3) is 0.316. The molecule has 0 fully saturated rings. The molecule has 3 rings (SSSR count). The lowest BCUT2D eigenvalue weighted by molar-refractivity contribution is 0.0927. The smallest absolute Gasteiger partial charge is 0.329 e. The second-order valence-electron chi connectivity index (χ2n) is 6.81. The van der Waals surface area contributed by atoms with Crippen LogP contribution in [0.15, 0.2) is 40.2 Å². The van der Waals surface area contributed by atoms with Crippen LogP contribution in [0.5, 0.6) is 0 Å². The molecule has 27 heavy (non-hydrogen) atoms. The number of aromatic amines is 1. The minimum absolute atomic E-state index is 0.0916. The Kier molecular flexibility index (Phi) is 4.89. The molecule has 0 aromatic carbocycles. The maximum atomic E-state index is 13.0. The summed E-state index contributed by atoms with van der Waals surface area (Å²) in [5, 5.41) is 3.07. The van der Waals surface area contributed by atoms with Crippen LogP contribution in [0.1, 0.15) is 41.5 Å². The molecule has 1 atom stereocenters. The lowest BCUT2D eigenvalue weighted by Gasteiger charge is -2.23. The van der Waals surface area contributed by atoms with Crippen LogP contribution in [0.25, 0.3) is 11.0 Å². The quantitative estimate of drug-likeness (QED) is 0.725. The van der Waals surface area contributed by atoms with E-state index >= 15 is 0 Å². The lowest BCUT2D eigenvalue weighted by Crippen LogP contribution is -2.34. The third-order valence-electron chi connectivity index (χ3n) is 4.44. The van der Waals surface area contributed by atoms with Crippen molar-refractivity contribution >= 4 is 16.9 Å². The first-order chi connectivity index (χ1) is 12.8. The molecule has 2 N–H and O–H groups in total. The number of fused-ring (bicyclic) bond motifs is 1. The minimum Gasteiger partial charge on any atom is -0.345 e. The molecule has 0 aliphatic heterocycles. The van der Waals surface area contributed by atoms with Crippen molar-refractivity contribution in [1.29, 1.82) is 0 Å². The van der Waals surface area contributed by atoms with E-state index in [1.54, 1.807) is 25.4 Å². The Morgan fingerprint density at radius 2 is 2.04 bits per heavy atom. The average Bonchev–Trinajstić information content (AvgIpc) is 2.63. The fourth-order valence-electron chi connectivity index (χ4n) is 3.06. The van der Waals surface area contributed by atoms with Crippen LogP contribution in [0.4, 0.5) is 0 Å². The van der Waals surface area contributed by atoms with E-state index in [1.165, 1.54) is 11.6 Å². The Labute approximate surface area is 155 Å². The summed E-state index contributed by atoms with van der Waals surface area (Å²) >= 11 is 0. The number of carbonyl (C=O) groups excluding carboxylic acids is 1. The van der Waals surface area contributed by atoms with Gasteiger partial charge in [0.2, 0.25) is 0 Å². The number of H-pyrrole nitrogens is 1. The Morgan fingerprint density at radius 3 is 2.67 bits per heavy atom. The average molecular weight is 367 g/mol. The highest BCUT2D eigenvalue weighted by molar-refractivity contribution is 6.05. The maximum absolute atomic E-state index is 13.0. The summed E-state index contributed by atoms with van der Waals surface area (Å²) in [4.78, 5) is 47.9. The summed E-state index contributed by atoms with van der Waals surface area (Å²) in [6, 6.07) is 4.98. The molecule has 1 amide bonds. The molecule has 3 aromatic rings. The summed E-state index contributed by atoms with van der Waals surface area (Å²) < 4.78 is 1.22. The van der Waals surface area contributed by atoms with Gasteiger partial charge >= 0.3 is 5.69 Å². The number of carbonyl (C=O) groups is 1. The molecule has 0 bridgehead atoms. The molecular formula is C19H21N5O3. The van der Waals surface area contributed by atoms with Gasteiger partial charge in [-0.05, 0) is 30.5 Å². The van der Waals surface area contributed by atoms with Crippen molar-refractivity contribution < 1.29 is 4.79 Å². The number of nitrogens with zero attached hydrogens (tertiary/aromatic N) is 3. The van der Waals surface area contributed by atoms with E-state index in [1.807, 2.05) is 26.0 Å². The number of hydrogen-bond donors (Lipinski definition) is 2. The van der Waals surface area contributed by atoms with E-state index in [4.69, 9.17) is 0 Å². The molecule has 3 aromatic heterocycles. The summed E-state index contributed by atoms with van der Waals surface area (Å²) in [7, 11) is 1.50. The first-order valence-corrected chi connectivity index (χ1v) is 8.61. The number of aromatic nitrogens is 4. The van der Waals surface area contributed by atoms with Gasteiger partial charge in [0.05, 0.1) is 17.0 Å². The van der Waals surface area contributed by atoms with Gasteiger partial charge in [0, 0.05) is 25.1 Å². The van der Waals surface area contributed by atoms with E-state index < -0.39 is 17.2 Å². The number of hydrogen-bond acceptors (Lipinski definition) is 5. The second-order valence-corrected chi connectivity index (χ2v) is 6.81. The predicted octanol–water partition coefficient (Wildman–Crippen LogP) is 1.45. The number of nitrogens with one attached hydrogen (secondary N) is 2. The zero-order valence-electron chi connectivity index (χ0n) is 15.6. The van der Waals surface area contributed by atoms with Gasteiger partial charge in [-0.3, -0.25) is 24.1 Å². The molecule has 0 unspecified atom stereocenters. The van der Waals surface area contributed by atoms with Crippen LogP contribution in [0.3, 0.4) is 0 Å². The Bertz CT molecular complexity index is 1120. The summed E-state index contributed by atoms with van der Waals surface area (Å²) in [5.41, 5.74) is 0.564. The van der Waals surface area contributed by atoms with Crippen molar-refractivity contribution in [2.24, 2.45) is 13.0 Å². The van der Waals surface area contributed by atoms with Crippen LogP contribution in [0.2, 0.25) is 0 Å². The standard InChI is InChI=1S/C19H21N5O3/c1-10(2)15(12-6-5-7-20-9-12)22-17(25)13-8-11(3)21-16-14(13)18(26)23-19(27)24(16)4/h5-10,15H,1-4H3,(H,22,25)(H,23,26,27)/t15-/m0/s1. The van der Waals surface area contributed by atoms with Gasteiger partial charge in [-0.15, -0.1) is 0 Å². The predicted molar refractivity (Wildman–Crippen MR) is 102 cm³/mol. The number of rotatable bonds is 4. The van der Waals surface area contributed by atoms with Crippen molar-refractivity contribution in [3.05, 3.63) is 68.3 Å². The highest BCUT2D eigenvalue weighted by atomic mass is 16.2. The van der Waals surface area contributed by atoms with Gasteiger partial charge in [0.25, 0.3) is 11.5 Å². The van der Waals surface area contributed by atoms with Gasteiger partial charge in [0.15, 0.2) is 0 Å². The van der Waals surface area contributed by atoms with Gasteiger partial charge in [-0.2, -0.15) is 0 Å². The minimum atomic E-state index is -0.631. The molecule has 140 valence electrons.